The van der Waals surface area contributed by atoms with Crippen molar-refractivity contribution in [3.8, 4) is 0 Å². The van der Waals surface area contributed by atoms with Crippen LogP contribution in [-0.4, -0.2) is 13.1 Å². The molecule has 1 saturated carbocycles. The molecule has 0 saturated heterocycles. The van der Waals surface area contributed by atoms with Gasteiger partial charge in [0.1, 0.15) is 5.82 Å². The summed E-state index contributed by atoms with van der Waals surface area (Å²) in [5, 5.41) is 3.64. The fourth-order valence-corrected chi connectivity index (χ4v) is 3.44. The number of rotatable bonds is 6. The van der Waals surface area contributed by atoms with Crippen molar-refractivity contribution in [2.24, 2.45) is 5.92 Å². The maximum Gasteiger partial charge on any atom is 0.142 e. The number of halogens is 2. The van der Waals surface area contributed by atoms with Crippen molar-refractivity contribution in [1.29, 1.82) is 0 Å². The summed E-state index contributed by atoms with van der Waals surface area (Å²) in [6.45, 7) is 0. The van der Waals surface area contributed by atoms with Crippen molar-refractivity contribution in [3.05, 3.63) is 34.6 Å². The summed E-state index contributed by atoms with van der Waals surface area (Å²) in [6.07, 6.45) is 10.2. The van der Waals surface area contributed by atoms with E-state index in [1.165, 1.54) is 44.6 Å². The van der Waals surface area contributed by atoms with Gasteiger partial charge in [0, 0.05) is 6.04 Å². The molecule has 1 nitrogen and oxygen atoms in total. The number of benzene rings is 1. The van der Waals surface area contributed by atoms with Crippen molar-refractivity contribution in [1.82, 2.24) is 5.32 Å². The molecular formula is C17H25ClFN. The summed E-state index contributed by atoms with van der Waals surface area (Å²) in [5.74, 6) is 0.578. The van der Waals surface area contributed by atoms with E-state index in [4.69, 9.17) is 11.6 Å². The van der Waals surface area contributed by atoms with Gasteiger partial charge in [0.2, 0.25) is 0 Å². The van der Waals surface area contributed by atoms with E-state index in [-0.39, 0.29) is 10.8 Å². The lowest BCUT2D eigenvalue weighted by Gasteiger charge is -2.24. The summed E-state index contributed by atoms with van der Waals surface area (Å²) in [4.78, 5) is 0. The summed E-state index contributed by atoms with van der Waals surface area (Å²) >= 11 is 6.04. The topological polar surface area (TPSA) is 12.0 Å². The lowest BCUT2D eigenvalue weighted by atomic mass is 9.84. The second-order valence-electron chi connectivity index (χ2n) is 5.98. The van der Waals surface area contributed by atoms with Crippen LogP contribution in [0.1, 0.15) is 50.5 Å². The zero-order valence-electron chi connectivity index (χ0n) is 12.3. The Bertz CT molecular complexity index is 415. The van der Waals surface area contributed by atoms with Gasteiger partial charge < -0.3 is 5.32 Å². The van der Waals surface area contributed by atoms with Crippen LogP contribution in [0.2, 0.25) is 5.02 Å². The molecule has 0 bridgehead atoms. The Morgan fingerprint density at radius 1 is 1.30 bits per heavy atom. The lowest BCUT2D eigenvalue weighted by Crippen LogP contribution is -2.28. The second-order valence-corrected chi connectivity index (χ2v) is 6.36. The van der Waals surface area contributed by atoms with E-state index in [0.717, 1.165) is 24.3 Å². The maximum atomic E-state index is 13.5. The normalized spacial score (nSPS) is 18.1. The minimum Gasteiger partial charge on any atom is -0.317 e. The van der Waals surface area contributed by atoms with Crippen molar-refractivity contribution in [2.75, 3.05) is 7.05 Å². The highest BCUT2D eigenvalue weighted by Crippen LogP contribution is 2.28. The predicted molar refractivity (Wildman–Crippen MR) is 83.8 cm³/mol. The molecule has 1 aliphatic carbocycles. The molecule has 1 aromatic carbocycles. The predicted octanol–water partition coefficient (Wildman–Crippen LogP) is 4.97. The number of nitrogens with one attached hydrogen (secondary N) is 1. The van der Waals surface area contributed by atoms with E-state index in [9.17, 15) is 4.39 Å². The Labute approximate surface area is 126 Å². The molecule has 2 rings (SSSR count). The zero-order valence-corrected chi connectivity index (χ0v) is 13.1. The summed E-state index contributed by atoms with van der Waals surface area (Å²) in [5.41, 5.74) is 0.912. The van der Waals surface area contributed by atoms with Gasteiger partial charge in [0.05, 0.1) is 5.02 Å². The number of likely N-dealkylation sites (N-methyl/N-ethyl adjacent to an activating group) is 1. The lowest BCUT2D eigenvalue weighted by molar-refractivity contribution is 0.315. The minimum atomic E-state index is -0.314. The smallest absolute Gasteiger partial charge is 0.142 e. The van der Waals surface area contributed by atoms with Crippen LogP contribution < -0.4 is 5.32 Å². The van der Waals surface area contributed by atoms with Gasteiger partial charge >= 0.3 is 0 Å². The van der Waals surface area contributed by atoms with Gasteiger partial charge in [-0.15, -0.1) is 0 Å². The molecule has 20 heavy (non-hydrogen) atoms. The van der Waals surface area contributed by atoms with E-state index >= 15 is 0 Å². The Hall–Kier alpha value is -0.600. The molecular weight excluding hydrogens is 273 g/mol. The van der Waals surface area contributed by atoms with Crippen LogP contribution in [-0.2, 0) is 6.42 Å². The SMILES string of the molecule is CNC(CCC1CCCCC1)Cc1cccc(F)c1Cl. The van der Waals surface area contributed by atoms with Crippen molar-refractivity contribution >= 4 is 11.6 Å². The van der Waals surface area contributed by atoms with Crippen LogP contribution in [0.5, 0.6) is 0 Å². The Morgan fingerprint density at radius 3 is 2.75 bits per heavy atom. The molecule has 0 heterocycles. The Kier molecular flexibility index (Phi) is 6.31. The van der Waals surface area contributed by atoms with E-state index in [1.807, 2.05) is 13.1 Å². The molecule has 1 unspecified atom stereocenters. The first-order chi connectivity index (χ1) is 9.70. The van der Waals surface area contributed by atoms with Gasteiger partial charge in [0.25, 0.3) is 0 Å². The number of hydrogen-bond acceptors (Lipinski definition) is 1. The number of hydrogen-bond donors (Lipinski definition) is 1. The van der Waals surface area contributed by atoms with Crippen molar-refractivity contribution < 1.29 is 4.39 Å². The largest absolute Gasteiger partial charge is 0.317 e. The summed E-state index contributed by atoms with van der Waals surface area (Å²) in [6, 6.07) is 5.47. The third-order valence-electron chi connectivity index (χ3n) is 4.55. The van der Waals surface area contributed by atoms with Crippen LogP contribution in [0.25, 0.3) is 0 Å². The van der Waals surface area contributed by atoms with Crippen LogP contribution in [0.15, 0.2) is 18.2 Å². The zero-order chi connectivity index (χ0) is 14.4. The van der Waals surface area contributed by atoms with Crippen LogP contribution in [0.4, 0.5) is 4.39 Å². The molecule has 112 valence electrons. The molecule has 0 spiro atoms. The standard InChI is InChI=1S/C17H25ClFN/c1-20-15(11-10-13-6-3-2-4-7-13)12-14-8-5-9-16(19)17(14)18/h5,8-9,13,15,20H,2-4,6-7,10-12H2,1H3. The average Bonchev–Trinajstić information content (AvgIpc) is 2.49. The van der Waals surface area contributed by atoms with Crippen LogP contribution >= 0.6 is 11.6 Å². The molecule has 1 aliphatic rings. The van der Waals surface area contributed by atoms with Gasteiger partial charge in [-0.2, -0.15) is 0 Å². The fraction of sp³-hybridized carbons (Fsp3) is 0.647. The fourth-order valence-electron chi connectivity index (χ4n) is 3.23. The molecule has 0 amide bonds. The molecule has 0 aliphatic heterocycles. The van der Waals surface area contributed by atoms with Gasteiger partial charge in [-0.1, -0.05) is 55.8 Å². The molecule has 0 aromatic heterocycles. The highest BCUT2D eigenvalue weighted by atomic mass is 35.5. The minimum absolute atomic E-state index is 0.283. The van der Waals surface area contributed by atoms with E-state index in [1.54, 1.807) is 6.07 Å². The first-order valence-corrected chi connectivity index (χ1v) is 8.18. The summed E-state index contributed by atoms with van der Waals surface area (Å²) in [7, 11) is 1.98. The van der Waals surface area contributed by atoms with Crippen LogP contribution in [0.3, 0.4) is 0 Å². The van der Waals surface area contributed by atoms with Crippen LogP contribution in [0, 0.1) is 11.7 Å². The molecule has 0 radical (unpaired) electrons. The van der Waals surface area contributed by atoms with Crippen molar-refractivity contribution in [2.45, 2.75) is 57.4 Å². The van der Waals surface area contributed by atoms with Crippen molar-refractivity contribution in [3.63, 3.8) is 0 Å². The molecule has 1 N–H and O–H groups in total. The summed E-state index contributed by atoms with van der Waals surface area (Å²) < 4.78 is 13.5. The Morgan fingerprint density at radius 2 is 2.05 bits per heavy atom. The molecule has 1 fully saturated rings. The Balaban J connectivity index is 1.86. The quantitative estimate of drug-likeness (QED) is 0.781. The second kappa shape index (κ2) is 7.99. The molecule has 1 atom stereocenters. The molecule has 3 heteroatoms. The highest BCUT2D eigenvalue weighted by Gasteiger charge is 2.17. The van der Waals surface area contributed by atoms with E-state index in [2.05, 4.69) is 5.32 Å². The first-order valence-electron chi connectivity index (χ1n) is 7.81. The first kappa shape index (κ1) is 15.8. The van der Waals surface area contributed by atoms with Gasteiger partial charge in [-0.25, -0.2) is 4.39 Å². The maximum absolute atomic E-state index is 13.5. The van der Waals surface area contributed by atoms with Gasteiger partial charge in [-0.3, -0.25) is 0 Å². The van der Waals surface area contributed by atoms with Gasteiger partial charge in [-0.05, 0) is 43.9 Å². The van der Waals surface area contributed by atoms with E-state index < -0.39 is 0 Å². The average molecular weight is 298 g/mol. The van der Waals surface area contributed by atoms with Gasteiger partial charge in [0.15, 0.2) is 0 Å². The highest BCUT2D eigenvalue weighted by molar-refractivity contribution is 6.31. The molecule has 1 aromatic rings. The monoisotopic (exact) mass is 297 g/mol. The van der Waals surface area contributed by atoms with E-state index in [0.29, 0.717) is 6.04 Å². The third-order valence-corrected chi connectivity index (χ3v) is 4.98. The third kappa shape index (κ3) is 4.46.